The first-order valence-corrected chi connectivity index (χ1v) is 8.69. The molecule has 142 valence electrons. The number of anilines is 1. The summed E-state index contributed by atoms with van der Waals surface area (Å²) >= 11 is 5.82. The second-order valence-electron chi connectivity index (χ2n) is 5.43. The van der Waals surface area contributed by atoms with Crippen LogP contribution in [0.2, 0.25) is 5.15 Å². The minimum atomic E-state index is -0.637. The van der Waals surface area contributed by atoms with E-state index >= 15 is 0 Å². The summed E-state index contributed by atoms with van der Waals surface area (Å²) < 4.78 is 10.2. The summed E-state index contributed by atoms with van der Waals surface area (Å²) in [5, 5.41) is 2.62. The molecule has 0 atom stereocenters. The first-order valence-electron chi connectivity index (χ1n) is 8.31. The van der Waals surface area contributed by atoms with Crippen molar-refractivity contribution >= 4 is 34.9 Å². The smallest absolute Gasteiger partial charge is 0.306 e. The topological polar surface area (TPSA) is 94.6 Å². The van der Waals surface area contributed by atoms with Crippen LogP contribution in [0.3, 0.4) is 0 Å². The fraction of sp³-hybridized carbons (Fsp3) is 0.263. The third-order valence-electron chi connectivity index (χ3n) is 3.44. The largest absolute Gasteiger partial charge is 0.494 e. The Hall–Kier alpha value is -2.93. The number of nitrogens with one attached hydrogen (secondary N) is 1. The highest BCUT2D eigenvalue weighted by Gasteiger charge is 2.13. The summed E-state index contributed by atoms with van der Waals surface area (Å²) in [5.41, 5.74) is 0.807. The lowest BCUT2D eigenvalue weighted by Crippen LogP contribution is -2.21. The number of halogens is 1. The number of carbonyl (C=O) groups is 3. The Morgan fingerprint density at radius 1 is 1.11 bits per heavy atom. The molecule has 0 unspecified atom stereocenters. The second kappa shape index (κ2) is 10.3. The molecule has 0 saturated carbocycles. The maximum atomic E-state index is 12.1. The number of pyridine rings is 1. The number of carbonyl (C=O) groups excluding carboxylic acids is 3. The molecule has 2 rings (SSSR count). The van der Waals surface area contributed by atoms with E-state index in [0.717, 1.165) is 0 Å². The Balaban J connectivity index is 1.73. The van der Waals surface area contributed by atoms with Crippen LogP contribution in [0.25, 0.3) is 0 Å². The van der Waals surface area contributed by atoms with Gasteiger partial charge in [-0.2, -0.15) is 0 Å². The number of esters is 1. The molecule has 0 aliphatic carbocycles. The van der Waals surface area contributed by atoms with E-state index in [1.54, 1.807) is 36.4 Å². The van der Waals surface area contributed by atoms with Gasteiger partial charge < -0.3 is 14.8 Å². The maximum Gasteiger partial charge on any atom is 0.306 e. The SMILES string of the molecule is CCOc1ccc(C(=O)CCC(=O)OCC(=O)Nc2cccnc2Cl)cc1. The molecule has 1 amide bonds. The van der Waals surface area contributed by atoms with E-state index in [2.05, 4.69) is 10.3 Å². The van der Waals surface area contributed by atoms with Gasteiger partial charge in [0, 0.05) is 18.2 Å². The Labute approximate surface area is 161 Å². The average molecular weight is 391 g/mol. The van der Waals surface area contributed by atoms with Crippen LogP contribution >= 0.6 is 11.6 Å². The van der Waals surface area contributed by atoms with Crippen molar-refractivity contribution in [2.75, 3.05) is 18.5 Å². The van der Waals surface area contributed by atoms with Crippen molar-refractivity contribution in [2.24, 2.45) is 0 Å². The monoisotopic (exact) mass is 390 g/mol. The molecule has 1 N–H and O–H groups in total. The van der Waals surface area contributed by atoms with Gasteiger partial charge in [0.1, 0.15) is 5.75 Å². The molecule has 7 nitrogen and oxygen atoms in total. The van der Waals surface area contributed by atoms with E-state index in [0.29, 0.717) is 23.6 Å². The number of Topliss-reactive ketones (excluding diaryl/α,β-unsaturated/α-hetero) is 1. The van der Waals surface area contributed by atoms with Crippen LogP contribution in [0.1, 0.15) is 30.1 Å². The number of ether oxygens (including phenoxy) is 2. The van der Waals surface area contributed by atoms with Gasteiger partial charge in [0.2, 0.25) is 0 Å². The molecule has 0 saturated heterocycles. The van der Waals surface area contributed by atoms with Gasteiger partial charge in [-0.15, -0.1) is 0 Å². The molecule has 27 heavy (non-hydrogen) atoms. The first kappa shape index (κ1) is 20.4. The van der Waals surface area contributed by atoms with Crippen LogP contribution in [0, 0.1) is 0 Å². The highest BCUT2D eigenvalue weighted by Crippen LogP contribution is 2.17. The molecule has 1 aromatic heterocycles. The van der Waals surface area contributed by atoms with Crippen molar-refractivity contribution in [2.45, 2.75) is 19.8 Å². The zero-order valence-electron chi connectivity index (χ0n) is 14.7. The average Bonchev–Trinajstić information content (AvgIpc) is 2.67. The van der Waals surface area contributed by atoms with Crippen LogP contribution in [0.15, 0.2) is 42.6 Å². The molecule has 1 heterocycles. The molecule has 1 aromatic carbocycles. The van der Waals surface area contributed by atoms with Gasteiger partial charge in [-0.25, -0.2) is 4.98 Å². The lowest BCUT2D eigenvalue weighted by Gasteiger charge is -2.07. The van der Waals surface area contributed by atoms with Gasteiger partial charge in [-0.3, -0.25) is 14.4 Å². The molecule has 2 aromatic rings. The summed E-state index contributed by atoms with van der Waals surface area (Å²) in [6.07, 6.45) is 1.36. The zero-order chi connectivity index (χ0) is 19.6. The number of hydrogen-bond donors (Lipinski definition) is 1. The fourth-order valence-corrected chi connectivity index (χ4v) is 2.31. The number of nitrogens with zero attached hydrogens (tertiary/aromatic N) is 1. The lowest BCUT2D eigenvalue weighted by atomic mass is 10.1. The van der Waals surface area contributed by atoms with Crippen LogP contribution in [0.4, 0.5) is 5.69 Å². The first-order chi connectivity index (χ1) is 13.0. The standard InChI is InChI=1S/C19H19ClN2O5/c1-2-26-14-7-5-13(6-8-14)16(23)9-10-18(25)27-12-17(24)22-15-4-3-11-21-19(15)20/h3-8,11H,2,9-10,12H2,1H3,(H,22,24). The number of benzene rings is 1. The van der Waals surface area contributed by atoms with Crippen molar-refractivity contribution in [3.63, 3.8) is 0 Å². The van der Waals surface area contributed by atoms with Crippen molar-refractivity contribution in [1.82, 2.24) is 4.98 Å². The summed E-state index contributed by atoms with van der Waals surface area (Å²) in [5.74, 6) is -0.701. The predicted molar refractivity (Wildman–Crippen MR) is 100 cm³/mol. The van der Waals surface area contributed by atoms with Crippen molar-refractivity contribution in [3.05, 3.63) is 53.3 Å². The van der Waals surface area contributed by atoms with Crippen molar-refractivity contribution in [3.8, 4) is 5.75 Å². The van der Waals surface area contributed by atoms with E-state index in [-0.39, 0.29) is 23.8 Å². The molecule has 0 aliphatic rings. The lowest BCUT2D eigenvalue weighted by molar-refractivity contribution is -0.147. The molecule has 0 fully saturated rings. The Bertz CT molecular complexity index is 808. The molecule has 0 spiro atoms. The van der Waals surface area contributed by atoms with Crippen LogP contribution in [-0.4, -0.2) is 35.9 Å². The van der Waals surface area contributed by atoms with E-state index in [9.17, 15) is 14.4 Å². The van der Waals surface area contributed by atoms with Crippen LogP contribution in [-0.2, 0) is 14.3 Å². The summed E-state index contributed by atoms with van der Waals surface area (Å²) in [6.45, 7) is 1.94. The second-order valence-corrected chi connectivity index (χ2v) is 5.79. The van der Waals surface area contributed by atoms with Gasteiger partial charge in [0.25, 0.3) is 5.91 Å². The van der Waals surface area contributed by atoms with Crippen molar-refractivity contribution in [1.29, 1.82) is 0 Å². The molecule has 0 bridgehead atoms. The quantitative estimate of drug-likeness (QED) is 0.401. The number of amides is 1. The van der Waals surface area contributed by atoms with Crippen molar-refractivity contribution < 1.29 is 23.9 Å². The number of aromatic nitrogens is 1. The minimum absolute atomic E-state index is 0.0110. The third kappa shape index (κ3) is 6.71. The highest BCUT2D eigenvalue weighted by atomic mass is 35.5. The predicted octanol–water partition coefficient (Wildman–Crippen LogP) is 3.28. The number of ketones is 1. The van der Waals surface area contributed by atoms with Crippen LogP contribution in [0.5, 0.6) is 5.75 Å². The Morgan fingerprint density at radius 2 is 1.85 bits per heavy atom. The molecule has 0 radical (unpaired) electrons. The molecular weight excluding hydrogens is 372 g/mol. The molecule has 0 aliphatic heterocycles. The van der Waals surface area contributed by atoms with Gasteiger partial charge in [0.15, 0.2) is 17.5 Å². The normalized spacial score (nSPS) is 10.1. The van der Waals surface area contributed by atoms with Gasteiger partial charge >= 0.3 is 5.97 Å². The zero-order valence-corrected chi connectivity index (χ0v) is 15.5. The third-order valence-corrected chi connectivity index (χ3v) is 3.74. The van der Waals surface area contributed by atoms with Gasteiger partial charge in [-0.1, -0.05) is 11.6 Å². The van der Waals surface area contributed by atoms with E-state index in [1.807, 2.05) is 6.92 Å². The minimum Gasteiger partial charge on any atom is -0.494 e. The molecule has 8 heteroatoms. The van der Waals surface area contributed by atoms with Gasteiger partial charge in [0.05, 0.1) is 18.7 Å². The van der Waals surface area contributed by atoms with E-state index in [4.69, 9.17) is 21.1 Å². The molecular formula is C19H19ClN2O5. The summed E-state index contributed by atoms with van der Waals surface area (Å²) in [6, 6.07) is 9.87. The maximum absolute atomic E-state index is 12.1. The number of rotatable bonds is 9. The van der Waals surface area contributed by atoms with Crippen LogP contribution < -0.4 is 10.1 Å². The van der Waals surface area contributed by atoms with E-state index < -0.39 is 18.5 Å². The Kier molecular flexibility index (Phi) is 7.76. The highest BCUT2D eigenvalue weighted by molar-refractivity contribution is 6.32. The number of hydrogen-bond acceptors (Lipinski definition) is 6. The Morgan fingerprint density at radius 3 is 2.52 bits per heavy atom. The summed E-state index contributed by atoms with van der Waals surface area (Å²) in [4.78, 5) is 39.4. The fourth-order valence-electron chi connectivity index (χ4n) is 2.15. The summed E-state index contributed by atoms with van der Waals surface area (Å²) in [7, 11) is 0. The van der Waals surface area contributed by atoms with Gasteiger partial charge in [-0.05, 0) is 43.3 Å². The van der Waals surface area contributed by atoms with E-state index in [1.165, 1.54) is 6.20 Å².